The fourth-order valence-corrected chi connectivity index (χ4v) is 3.44. The second-order valence-corrected chi connectivity index (χ2v) is 6.41. The quantitative estimate of drug-likeness (QED) is 0.913. The van der Waals surface area contributed by atoms with E-state index >= 15 is 0 Å². The van der Waals surface area contributed by atoms with Crippen LogP contribution in [0.5, 0.6) is 0 Å². The first-order valence-corrected chi connectivity index (χ1v) is 8.65. The van der Waals surface area contributed by atoms with E-state index in [0.717, 1.165) is 25.9 Å². The number of carbonyl (C=O) groups excluding carboxylic acids is 2. The number of pyridine rings is 1. The molecule has 3 heterocycles. The van der Waals surface area contributed by atoms with Gasteiger partial charge in [0, 0.05) is 6.20 Å². The molecule has 2 aliphatic heterocycles. The van der Waals surface area contributed by atoms with E-state index in [0.29, 0.717) is 22.8 Å². The minimum absolute atomic E-state index is 0.209. The molecule has 0 aliphatic carbocycles. The number of hydrogen-bond donors (Lipinski definition) is 1. The van der Waals surface area contributed by atoms with Gasteiger partial charge >= 0.3 is 0 Å². The van der Waals surface area contributed by atoms with Gasteiger partial charge in [-0.1, -0.05) is 18.6 Å². The molecule has 2 aliphatic rings. The van der Waals surface area contributed by atoms with Crippen molar-refractivity contribution in [2.24, 2.45) is 0 Å². The van der Waals surface area contributed by atoms with Gasteiger partial charge in [0.2, 0.25) is 5.91 Å². The Morgan fingerprint density at radius 3 is 2.72 bits per heavy atom. The highest BCUT2D eigenvalue weighted by atomic mass is 16.2. The molecule has 1 fully saturated rings. The highest BCUT2D eigenvalue weighted by Crippen LogP contribution is 2.34. The number of nitrogens with one attached hydrogen (secondary N) is 1. The van der Waals surface area contributed by atoms with E-state index in [4.69, 9.17) is 0 Å². The lowest BCUT2D eigenvalue weighted by Gasteiger charge is -2.28. The summed E-state index contributed by atoms with van der Waals surface area (Å²) >= 11 is 0. The molecule has 2 aromatic rings. The van der Waals surface area contributed by atoms with E-state index in [-0.39, 0.29) is 18.4 Å². The van der Waals surface area contributed by atoms with E-state index in [1.54, 1.807) is 30.5 Å². The van der Waals surface area contributed by atoms with Gasteiger partial charge in [-0.15, -0.1) is 0 Å². The predicted octanol–water partition coefficient (Wildman–Crippen LogP) is 2.80. The van der Waals surface area contributed by atoms with Gasteiger partial charge in [0.15, 0.2) is 5.82 Å². The Morgan fingerprint density at radius 1 is 1.08 bits per heavy atom. The van der Waals surface area contributed by atoms with Crippen molar-refractivity contribution in [2.75, 3.05) is 29.9 Å². The van der Waals surface area contributed by atoms with Crippen molar-refractivity contribution in [3.63, 3.8) is 0 Å². The van der Waals surface area contributed by atoms with Crippen LogP contribution < -0.4 is 10.2 Å². The van der Waals surface area contributed by atoms with Gasteiger partial charge in [0.05, 0.1) is 23.5 Å². The Hall–Kier alpha value is -2.73. The molecule has 25 heavy (non-hydrogen) atoms. The zero-order valence-corrected chi connectivity index (χ0v) is 13.9. The number of benzene rings is 1. The largest absolute Gasteiger partial charge is 0.338 e. The molecule has 1 saturated heterocycles. The molecule has 0 atom stereocenters. The van der Waals surface area contributed by atoms with Crippen molar-refractivity contribution >= 4 is 29.0 Å². The summed E-state index contributed by atoms with van der Waals surface area (Å²) in [7, 11) is 0. The summed E-state index contributed by atoms with van der Waals surface area (Å²) in [6.07, 6.45) is 5.06. The average molecular weight is 336 g/mol. The van der Waals surface area contributed by atoms with Crippen LogP contribution in [0.3, 0.4) is 0 Å². The highest BCUT2D eigenvalue weighted by Gasteiger charge is 2.32. The van der Waals surface area contributed by atoms with E-state index < -0.39 is 0 Å². The lowest BCUT2D eigenvalue weighted by molar-refractivity contribution is -0.119. The monoisotopic (exact) mass is 336 g/mol. The van der Waals surface area contributed by atoms with Crippen LogP contribution in [0, 0.1) is 0 Å². The van der Waals surface area contributed by atoms with Crippen LogP contribution in [0.25, 0.3) is 0 Å². The minimum Gasteiger partial charge on any atom is -0.338 e. The Balaban J connectivity index is 1.71. The average Bonchev–Trinajstić information content (AvgIpc) is 2.76. The molecular formula is C19H20N4O2. The molecule has 6 heteroatoms. The van der Waals surface area contributed by atoms with Crippen LogP contribution >= 0.6 is 0 Å². The molecule has 0 unspecified atom stereocenters. The number of nitrogens with zero attached hydrogens (tertiary/aromatic N) is 3. The first-order chi connectivity index (χ1) is 12.2. The number of aromatic nitrogens is 1. The van der Waals surface area contributed by atoms with E-state index in [1.807, 2.05) is 12.1 Å². The van der Waals surface area contributed by atoms with Crippen molar-refractivity contribution in [1.29, 1.82) is 0 Å². The van der Waals surface area contributed by atoms with Gasteiger partial charge in [0.1, 0.15) is 0 Å². The SMILES string of the molecule is O=C(CN1CCCCC1)N1C(=O)c2ccccc2Nc2ncccc21. The number of rotatable bonds is 2. The summed E-state index contributed by atoms with van der Waals surface area (Å²) in [6.45, 7) is 2.06. The fourth-order valence-electron chi connectivity index (χ4n) is 3.44. The third-order valence-electron chi connectivity index (χ3n) is 4.70. The molecule has 0 bridgehead atoms. The summed E-state index contributed by atoms with van der Waals surface area (Å²) in [5, 5.41) is 3.18. The van der Waals surface area contributed by atoms with Crippen LogP contribution in [0.1, 0.15) is 29.6 Å². The number of likely N-dealkylation sites (tertiary alicyclic amines) is 1. The summed E-state index contributed by atoms with van der Waals surface area (Å²) in [6, 6.07) is 10.7. The predicted molar refractivity (Wildman–Crippen MR) is 96.1 cm³/mol. The number of amides is 2. The summed E-state index contributed by atoms with van der Waals surface area (Å²) in [4.78, 5) is 33.8. The summed E-state index contributed by atoms with van der Waals surface area (Å²) in [5.41, 5.74) is 1.65. The number of para-hydroxylation sites is 1. The molecule has 1 aromatic heterocycles. The first-order valence-electron chi connectivity index (χ1n) is 8.65. The van der Waals surface area contributed by atoms with Crippen molar-refractivity contribution in [3.8, 4) is 0 Å². The summed E-state index contributed by atoms with van der Waals surface area (Å²) in [5.74, 6) is 0.00399. The number of hydrogen-bond acceptors (Lipinski definition) is 5. The lowest BCUT2D eigenvalue weighted by atomic mass is 10.1. The molecule has 0 radical (unpaired) electrons. The second kappa shape index (κ2) is 6.64. The molecule has 1 aromatic carbocycles. The third-order valence-corrected chi connectivity index (χ3v) is 4.70. The van der Waals surface area contributed by atoms with E-state index in [9.17, 15) is 9.59 Å². The molecule has 4 rings (SSSR count). The number of fused-ring (bicyclic) bond motifs is 2. The number of piperidine rings is 1. The standard InChI is InChI=1S/C19H20N4O2/c24-17(13-22-11-4-1-5-12-22)23-16-9-6-10-20-18(16)21-15-8-3-2-7-14(15)19(23)25/h2-3,6-10H,1,4-5,11-13H2,(H,20,21). The minimum atomic E-state index is -0.308. The van der Waals surface area contributed by atoms with Gasteiger partial charge < -0.3 is 5.32 Å². The Labute approximate surface area is 146 Å². The molecule has 2 amide bonds. The van der Waals surface area contributed by atoms with Crippen LogP contribution in [-0.4, -0.2) is 41.3 Å². The Morgan fingerprint density at radius 2 is 1.88 bits per heavy atom. The maximum Gasteiger partial charge on any atom is 0.267 e. The van der Waals surface area contributed by atoms with Crippen molar-refractivity contribution in [2.45, 2.75) is 19.3 Å². The molecule has 0 saturated carbocycles. The number of imide groups is 1. The Kier molecular flexibility index (Phi) is 4.19. The van der Waals surface area contributed by atoms with Crippen molar-refractivity contribution in [3.05, 3.63) is 48.2 Å². The molecule has 6 nitrogen and oxygen atoms in total. The second-order valence-electron chi connectivity index (χ2n) is 6.41. The zero-order valence-electron chi connectivity index (χ0n) is 13.9. The summed E-state index contributed by atoms with van der Waals surface area (Å²) < 4.78 is 0. The van der Waals surface area contributed by atoms with E-state index in [1.165, 1.54) is 11.3 Å². The van der Waals surface area contributed by atoms with Gasteiger partial charge in [-0.3, -0.25) is 14.5 Å². The van der Waals surface area contributed by atoms with Gasteiger partial charge in [-0.05, 0) is 50.2 Å². The normalized spacial score (nSPS) is 17.3. The smallest absolute Gasteiger partial charge is 0.267 e. The van der Waals surface area contributed by atoms with Crippen LogP contribution in [0.4, 0.5) is 17.2 Å². The lowest BCUT2D eigenvalue weighted by Crippen LogP contribution is -2.45. The zero-order chi connectivity index (χ0) is 17.2. The van der Waals surface area contributed by atoms with Gasteiger partial charge in [-0.25, -0.2) is 9.88 Å². The highest BCUT2D eigenvalue weighted by molar-refractivity contribution is 6.25. The maximum atomic E-state index is 13.1. The molecule has 1 N–H and O–H groups in total. The fraction of sp³-hybridized carbons (Fsp3) is 0.316. The van der Waals surface area contributed by atoms with Crippen LogP contribution in [0.2, 0.25) is 0 Å². The van der Waals surface area contributed by atoms with Crippen LogP contribution in [0.15, 0.2) is 42.6 Å². The number of anilines is 3. The van der Waals surface area contributed by atoms with E-state index in [2.05, 4.69) is 15.2 Å². The number of carbonyl (C=O) groups is 2. The Bertz CT molecular complexity index is 815. The van der Waals surface area contributed by atoms with Gasteiger partial charge in [0.25, 0.3) is 5.91 Å². The molecular weight excluding hydrogens is 316 g/mol. The maximum absolute atomic E-state index is 13.1. The topological polar surface area (TPSA) is 65.5 Å². The molecule has 128 valence electrons. The molecule has 0 spiro atoms. The van der Waals surface area contributed by atoms with Crippen LogP contribution in [-0.2, 0) is 4.79 Å². The van der Waals surface area contributed by atoms with Crippen molar-refractivity contribution < 1.29 is 9.59 Å². The van der Waals surface area contributed by atoms with Crippen molar-refractivity contribution in [1.82, 2.24) is 9.88 Å². The third kappa shape index (κ3) is 3.00. The van der Waals surface area contributed by atoms with Gasteiger partial charge in [-0.2, -0.15) is 0 Å². The first kappa shape index (κ1) is 15.8.